The van der Waals surface area contributed by atoms with Crippen molar-refractivity contribution in [3.8, 4) is 0 Å². The summed E-state index contributed by atoms with van der Waals surface area (Å²) in [7, 11) is 0. The Morgan fingerprint density at radius 2 is 0.294 bits per heavy atom. The quantitative estimate of drug-likeness (QED) is 0.226. The Labute approximate surface area is 198 Å². The molecule has 0 aromatic rings. The summed E-state index contributed by atoms with van der Waals surface area (Å²) in [6, 6.07) is 0. The van der Waals surface area contributed by atoms with E-state index in [0.717, 1.165) is 0 Å². The normalized spacial score (nSPS) is 0. The van der Waals surface area contributed by atoms with Crippen LogP contribution < -0.4 is 37.7 Å². The van der Waals surface area contributed by atoms with Crippen LogP contribution in [0.3, 0.4) is 0 Å². The molecule has 0 amide bonds. The summed E-state index contributed by atoms with van der Waals surface area (Å²) >= 11 is 0. The summed E-state index contributed by atoms with van der Waals surface area (Å²) in [5.74, 6) is 0. The first-order valence-electron chi connectivity index (χ1n) is 0. The maximum Gasteiger partial charge on any atom is 4.00 e. The van der Waals surface area contributed by atoms with Gasteiger partial charge in [-0.3, -0.25) is 0 Å². The van der Waals surface area contributed by atoms with E-state index in [1.165, 1.54) is 0 Å². The van der Waals surface area contributed by atoms with Crippen LogP contribution in [0.1, 0.15) is 0 Å². The van der Waals surface area contributed by atoms with E-state index >= 15 is 0 Å². The Morgan fingerprint density at radius 3 is 0.294 bits per heavy atom. The van der Waals surface area contributed by atoms with E-state index in [1.54, 1.807) is 0 Å². The van der Waals surface area contributed by atoms with Gasteiger partial charge in [0.1, 0.15) is 0 Å². The standard InChI is InChI=1S/2Co.2Li.2Ni.9O.2Sn/q2*+2;2*+1;2*+2;9*-2;2*+4. The smallest absolute Gasteiger partial charge is 2.00 e. The van der Waals surface area contributed by atoms with Crippen LogP contribution in [0, 0.1) is 0 Å². The monoisotopic (exact) mass is 632 g/mol. The summed E-state index contributed by atoms with van der Waals surface area (Å²) < 4.78 is 0. The van der Waals surface area contributed by atoms with Crippen molar-refractivity contribution in [3.05, 3.63) is 0 Å². The van der Waals surface area contributed by atoms with Crippen LogP contribution in [0.2, 0.25) is 0 Å². The van der Waals surface area contributed by atoms with Gasteiger partial charge in [-0.2, -0.15) is 0 Å². The summed E-state index contributed by atoms with van der Waals surface area (Å²) in [6.45, 7) is 0. The Bertz CT molecular complexity index is 33.0. The van der Waals surface area contributed by atoms with Crippen molar-refractivity contribution in [1.29, 1.82) is 0 Å². The van der Waals surface area contributed by atoms with Gasteiger partial charge in [0.25, 0.3) is 0 Å². The zero-order valence-corrected chi connectivity index (χ0v) is 17.7. The SMILES string of the molecule is [Co+2].[Co+2].[Li+].[Li+].[Ni+2].[Ni+2].[O-2].[O-2].[O-2].[O-2].[O-2].[O-2].[O-2].[O-2].[O-2].[Sn+4].[Sn+4]. The molecule has 0 aliphatic rings. The van der Waals surface area contributed by atoms with Crippen LogP contribution in [0.4, 0.5) is 0 Å². The largest absolute Gasteiger partial charge is 4.00 e. The topological polar surface area (TPSA) is 256 Å². The van der Waals surface area contributed by atoms with E-state index in [1.807, 2.05) is 0 Å². The van der Waals surface area contributed by atoms with Gasteiger partial charge in [-0.05, 0) is 0 Å². The predicted molar refractivity (Wildman–Crippen MR) is 17.7 cm³/mol. The van der Waals surface area contributed by atoms with Gasteiger partial charge < -0.3 is 49.3 Å². The molecule has 102 valence electrons. The second-order valence-corrected chi connectivity index (χ2v) is 0. The second kappa shape index (κ2) is 393. The fraction of sp³-hybridized carbons (Fsp3) is 0. The summed E-state index contributed by atoms with van der Waals surface area (Å²) in [6.07, 6.45) is 0. The van der Waals surface area contributed by atoms with Gasteiger partial charge in [-0.1, -0.05) is 0 Å². The third-order valence-electron chi connectivity index (χ3n) is 0. The molecule has 0 atom stereocenters. The first-order chi connectivity index (χ1) is 0. The van der Waals surface area contributed by atoms with Gasteiger partial charge in [0, 0.05) is 0 Å². The van der Waals surface area contributed by atoms with Crippen molar-refractivity contribution < 1.29 is 154 Å². The zero-order valence-electron chi connectivity index (χ0n) is 7.97. The maximum atomic E-state index is 0. The van der Waals surface area contributed by atoms with Crippen molar-refractivity contribution in [2.24, 2.45) is 0 Å². The predicted octanol–water partition coefficient (Wildman–Crippen LogP) is -7.83. The van der Waals surface area contributed by atoms with Crippen molar-refractivity contribution in [2.75, 3.05) is 0 Å². The van der Waals surface area contributed by atoms with Crippen LogP contribution in [-0.2, 0) is 116 Å². The van der Waals surface area contributed by atoms with Gasteiger partial charge in [0.2, 0.25) is 0 Å². The zero-order chi connectivity index (χ0) is 0. The molecule has 0 unspecified atom stereocenters. The molecule has 0 heterocycles. The number of hydrogen-bond acceptors (Lipinski definition) is 0. The van der Waals surface area contributed by atoms with Gasteiger partial charge >= 0.3 is 152 Å². The van der Waals surface area contributed by atoms with Gasteiger partial charge in [-0.15, -0.1) is 0 Å². The van der Waals surface area contributed by atoms with Gasteiger partial charge in [0.15, 0.2) is 0 Å². The van der Waals surface area contributed by atoms with Crippen LogP contribution in [0.25, 0.3) is 0 Å². The van der Waals surface area contributed by atoms with E-state index < -0.39 is 0 Å². The molecule has 0 fully saturated rings. The minimum atomic E-state index is 0. The third kappa shape index (κ3) is 353. The van der Waals surface area contributed by atoms with Crippen molar-refractivity contribution in [3.63, 3.8) is 0 Å². The minimum Gasteiger partial charge on any atom is -2.00 e. The average molecular weight is 631 g/mol. The summed E-state index contributed by atoms with van der Waals surface area (Å²) in [5.41, 5.74) is 0. The third-order valence-corrected chi connectivity index (χ3v) is 0. The van der Waals surface area contributed by atoms with E-state index in [2.05, 4.69) is 0 Å². The molecule has 2 radical (unpaired) electrons. The Hall–Kier alpha value is 4.43. The Balaban J connectivity index is 0. The van der Waals surface area contributed by atoms with Crippen molar-refractivity contribution in [2.45, 2.75) is 0 Å². The molecule has 0 saturated carbocycles. The molecule has 0 aliphatic heterocycles. The molecule has 17 heavy (non-hydrogen) atoms. The molecule has 0 bridgehead atoms. The fourth-order valence-electron chi connectivity index (χ4n) is 0. The molecule has 0 aliphatic carbocycles. The molecule has 0 saturated heterocycles. The van der Waals surface area contributed by atoms with E-state index in [-0.39, 0.29) is 201 Å². The second-order valence-electron chi connectivity index (χ2n) is 0. The first kappa shape index (κ1) is 455. The van der Waals surface area contributed by atoms with Crippen LogP contribution in [0.5, 0.6) is 0 Å². The number of hydrogen-bond donors (Lipinski definition) is 0. The van der Waals surface area contributed by atoms with E-state index in [9.17, 15) is 0 Å². The molecule has 0 aromatic heterocycles. The molecule has 0 rings (SSSR count). The Morgan fingerprint density at radius 1 is 0.294 bits per heavy atom. The van der Waals surface area contributed by atoms with Crippen molar-refractivity contribution in [1.82, 2.24) is 0 Å². The summed E-state index contributed by atoms with van der Waals surface area (Å²) in [4.78, 5) is 0. The maximum absolute atomic E-state index is 0. The van der Waals surface area contributed by atoms with Crippen LogP contribution >= 0.6 is 0 Å². The first-order valence-corrected chi connectivity index (χ1v) is 0. The summed E-state index contributed by atoms with van der Waals surface area (Å²) in [5, 5.41) is 0. The molecule has 0 spiro atoms. The molecule has 9 nitrogen and oxygen atoms in total. The molecule has 0 N–H and O–H groups in total. The van der Waals surface area contributed by atoms with Gasteiger partial charge in [-0.25, -0.2) is 0 Å². The average Bonchev–Trinajstić information content (AvgIpc) is 0. The van der Waals surface area contributed by atoms with E-state index in [0.29, 0.717) is 0 Å². The molecule has 0 aromatic carbocycles. The molecular weight excluding hydrogens is 631 g/mol. The molecular formula is Co2Li2Ni2O9Sn2. The molecule has 17 heteroatoms. The van der Waals surface area contributed by atoms with Crippen LogP contribution in [0.15, 0.2) is 0 Å². The minimum absolute atomic E-state index is 0. The van der Waals surface area contributed by atoms with Gasteiger partial charge in [0.05, 0.1) is 0 Å². The number of rotatable bonds is 0. The Kier molecular flexibility index (Phi) is 10500. The van der Waals surface area contributed by atoms with E-state index in [4.69, 9.17) is 0 Å². The fourth-order valence-corrected chi connectivity index (χ4v) is 0. The van der Waals surface area contributed by atoms with Crippen LogP contribution in [-0.4, -0.2) is 47.8 Å². The van der Waals surface area contributed by atoms with Crippen molar-refractivity contribution >= 4 is 47.8 Å².